The standard InChI is InChI=1S/C14H14N4O4/c15-8-1-3-21-11(8)5-7-10(17-14(20)18-13(7)19)6-12-9(16)2-4-22-12/h1-4H,5-6,15-16H2,(H2,17,18,19,20). The minimum atomic E-state index is -0.596. The summed E-state index contributed by atoms with van der Waals surface area (Å²) in [6.45, 7) is 0. The average Bonchev–Trinajstić information content (AvgIpc) is 3.03. The first-order valence-corrected chi connectivity index (χ1v) is 6.52. The molecule has 22 heavy (non-hydrogen) atoms. The van der Waals surface area contributed by atoms with Gasteiger partial charge >= 0.3 is 5.69 Å². The molecule has 3 aromatic rings. The normalized spacial score (nSPS) is 10.9. The van der Waals surface area contributed by atoms with Crippen LogP contribution >= 0.6 is 0 Å². The second-order valence-corrected chi connectivity index (χ2v) is 4.82. The Labute approximate surface area is 123 Å². The van der Waals surface area contributed by atoms with Crippen molar-refractivity contribution in [3.63, 3.8) is 0 Å². The molecule has 0 aliphatic carbocycles. The number of nitrogens with two attached hydrogens (primary N) is 2. The van der Waals surface area contributed by atoms with E-state index in [4.69, 9.17) is 20.3 Å². The molecule has 3 aromatic heterocycles. The van der Waals surface area contributed by atoms with E-state index in [9.17, 15) is 9.59 Å². The van der Waals surface area contributed by atoms with Crippen LogP contribution in [-0.4, -0.2) is 9.97 Å². The van der Waals surface area contributed by atoms with Gasteiger partial charge in [0.25, 0.3) is 5.56 Å². The van der Waals surface area contributed by atoms with Crippen LogP contribution in [0.3, 0.4) is 0 Å². The molecular formula is C14H14N4O4. The molecule has 0 saturated carbocycles. The van der Waals surface area contributed by atoms with Gasteiger partial charge in [-0.1, -0.05) is 0 Å². The minimum Gasteiger partial charge on any atom is -0.467 e. The van der Waals surface area contributed by atoms with Crippen LogP contribution in [0.1, 0.15) is 22.8 Å². The highest BCUT2D eigenvalue weighted by Crippen LogP contribution is 2.20. The highest BCUT2D eigenvalue weighted by atomic mass is 16.3. The van der Waals surface area contributed by atoms with Gasteiger partial charge in [-0.15, -0.1) is 0 Å². The van der Waals surface area contributed by atoms with Crippen molar-refractivity contribution in [3.05, 3.63) is 68.3 Å². The maximum absolute atomic E-state index is 12.1. The molecule has 0 saturated heterocycles. The Hall–Kier alpha value is -3.16. The van der Waals surface area contributed by atoms with E-state index in [2.05, 4.69) is 9.97 Å². The van der Waals surface area contributed by atoms with Crippen molar-refractivity contribution in [1.29, 1.82) is 0 Å². The van der Waals surface area contributed by atoms with E-state index < -0.39 is 11.2 Å². The lowest BCUT2D eigenvalue weighted by Crippen LogP contribution is -2.28. The first-order chi connectivity index (χ1) is 10.5. The number of aromatic amines is 2. The molecule has 0 atom stereocenters. The molecule has 0 aliphatic heterocycles. The summed E-state index contributed by atoms with van der Waals surface area (Å²) in [4.78, 5) is 28.4. The maximum atomic E-state index is 12.1. The van der Waals surface area contributed by atoms with Gasteiger partial charge in [-0.25, -0.2) is 4.79 Å². The van der Waals surface area contributed by atoms with Crippen LogP contribution in [0.2, 0.25) is 0 Å². The monoisotopic (exact) mass is 302 g/mol. The third kappa shape index (κ3) is 2.53. The van der Waals surface area contributed by atoms with E-state index >= 15 is 0 Å². The molecule has 114 valence electrons. The summed E-state index contributed by atoms with van der Waals surface area (Å²) in [6, 6.07) is 3.20. The van der Waals surface area contributed by atoms with Gasteiger partial charge in [0, 0.05) is 24.1 Å². The largest absolute Gasteiger partial charge is 0.467 e. The number of hydrogen-bond acceptors (Lipinski definition) is 6. The molecule has 8 heteroatoms. The van der Waals surface area contributed by atoms with E-state index in [0.29, 0.717) is 34.2 Å². The SMILES string of the molecule is Nc1ccoc1Cc1[nH]c(=O)[nH]c(=O)c1Cc1occc1N. The number of anilines is 2. The molecule has 3 heterocycles. The lowest BCUT2D eigenvalue weighted by atomic mass is 10.1. The number of H-pyrrole nitrogens is 2. The Morgan fingerprint density at radius 2 is 1.50 bits per heavy atom. The number of nitrogen functional groups attached to an aromatic ring is 2. The summed E-state index contributed by atoms with van der Waals surface area (Å²) in [7, 11) is 0. The Morgan fingerprint density at radius 3 is 2.05 bits per heavy atom. The summed E-state index contributed by atoms with van der Waals surface area (Å²) < 4.78 is 10.5. The smallest absolute Gasteiger partial charge is 0.325 e. The molecule has 0 spiro atoms. The highest BCUT2D eigenvalue weighted by molar-refractivity contribution is 5.45. The molecule has 0 bridgehead atoms. The van der Waals surface area contributed by atoms with Crippen LogP contribution in [0.15, 0.2) is 43.1 Å². The Bertz CT molecular complexity index is 915. The number of hydrogen-bond donors (Lipinski definition) is 4. The summed E-state index contributed by atoms with van der Waals surface area (Å²) in [5, 5.41) is 0. The minimum absolute atomic E-state index is 0.154. The van der Waals surface area contributed by atoms with Crippen LogP contribution in [0.25, 0.3) is 0 Å². The Morgan fingerprint density at radius 1 is 0.909 bits per heavy atom. The summed E-state index contributed by atoms with van der Waals surface area (Å²) in [6.07, 6.45) is 3.23. The van der Waals surface area contributed by atoms with Crippen LogP contribution < -0.4 is 22.7 Å². The number of aromatic nitrogens is 2. The van der Waals surface area contributed by atoms with E-state index in [1.54, 1.807) is 12.1 Å². The Kier molecular flexibility index (Phi) is 3.34. The summed E-state index contributed by atoms with van der Waals surface area (Å²) >= 11 is 0. The van der Waals surface area contributed by atoms with Gasteiger partial charge in [-0.05, 0) is 12.1 Å². The highest BCUT2D eigenvalue weighted by Gasteiger charge is 2.16. The Balaban J connectivity index is 2.05. The molecule has 0 radical (unpaired) electrons. The lowest BCUT2D eigenvalue weighted by molar-refractivity contribution is 0.513. The lowest BCUT2D eigenvalue weighted by Gasteiger charge is -2.07. The number of rotatable bonds is 4. The van der Waals surface area contributed by atoms with Gasteiger partial charge in [0.15, 0.2) is 0 Å². The van der Waals surface area contributed by atoms with Gasteiger partial charge < -0.3 is 25.3 Å². The van der Waals surface area contributed by atoms with Crippen molar-refractivity contribution in [2.45, 2.75) is 12.8 Å². The molecule has 3 rings (SSSR count). The van der Waals surface area contributed by atoms with Crippen molar-refractivity contribution in [1.82, 2.24) is 9.97 Å². The zero-order valence-electron chi connectivity index (χ0n) is 11.5. The van der Waals surface area contributed by atoms with Crippen molar-refractivity contribution in [2.24, 2.45) is 0 Å². The predicted octanol–water partition coefficient (Wildman–Crippen LogP) is 0.595. The average molecular weight is 302 g/mol. The van der Waals surface area contributed by atoms with Crippen molar-refractivity contribution >= 4 is 11.4 Å². The molecule has 8 nitrogen and oxygen atoms in total. The zero-order valence-corrected chi connectivity index (χ0v) is 11.5. The van der Waals surface area contributed by atoms with Gasteiger partial charge in [0.1, 0.15) is 11.5 Å². The van der Waals surface area contributed by atoms with Crippen molar-refractivity contribution < 1.29 is 8.83 Å². The molecular weight excluding hydrogens is 288 g/mol. The second-order valence-electron chi connectivity index (χ2n) is 4.82. The predicted molar refractivity (Wildman–Crippen MR) is 79.5 cm³/mol. The quantitative estimate of drug-likeness (QED) is 0.555. The third-order valence-electron chi connectivity index (χ3n) is 3.36. The third-order valence-corrected chi connectivity index (χ3v) is 3.36. The first kappa shape index (κ1) is 13.8. The second kappa shape index (κ2) is 5.32. The van der Waals surface area contributed by atoms with Crippen molar-refractivity contribution in [2.75, 3.05) is 11.5 Å². The van der Waals surface area contributed by atoms with Crippen LogP contribution in [0, 0.1) is 0 Å². The molecule has 6 N–H and O–H groups in total. The molecule has 0 amide bonds. The first-order valence-electron chi connectivity index (χ1n) is 6.52. The van der Waals surface area contributed by atoms with Gasteiger partial charge in [-0.3, -0.25) is 9.78 Å². The van der Waals surface area contributed by atoms with E-state index in [0.717, 1.165) is 0 Å². The molecule has 0 unspecified atom stereocenters. The maximum Gasteiger partial charge on any atom is 0.325 e. The zero-order chi connectivity index (χ0) is 15.7. The van der Waals surface area contributed by atoms with Gasteiger partial charge in [0.2, 0.25) is 0 Å². The number of nitrogens with one attached hydrogen (secondary N) is 2. The van der Waals surface area contributed by atoms with Gasteiger partial charge in [0.05, 0.1) is 23.9 Å². The fourth-order valence-electron chi connectivity index (χ4n) is 2.21. The fourth-order valence-corrected chi connectivity index (χ4v) is 2.21. The van der Waals surface area contributed by atoms with E-state index in [1.165, 1.54) is 12.5 Å². The van der Waals surface area contributed by atoms with Crippen LogP contribution in [0.4, 0.5) is 11.4 Å². The molecule has 0 aliphatic rings. The van der Waals surface area contributed by atoms with Crippen molar-refractivity contribution in [3.8, 4) is 0 Å². The van der Waals surface area contributed by atoms with E-state index in [-0.39, 0.29) is 12.8 Å². The fraction of sp³-hybridized carbons (Fsp3) is 0.143. The van der Waals surface area contributed by atoms with Crippen LogP contribution in [0.5, 0.6) is 0 Å². The summed E-state index contributed by atoms with van der Waals surface area (Å²) in [5.74, 6) is 0.918. The van der Waals surface area contributed by atoms with Crippen LogP contribution in [-0.2, 0) is 12.8 Å². The number of furan rings is 2. The summed E-state index contributed by atoms with van der Waals surface area (Å²) in [5.41, 5.74) is 12.1. The molecule has 0 aromatic carbocycles. The van der Waals surface area contributed by atoms with Gasteiger partial charge in [-0.2, -0.15) is 0 Å². The topological polar surface area (TPSA) is 144 Å². The van der Waals surface area contributed by atoms with E-state index in [1.807, 2.05) is 0 Å². The molecule has 0 fully saturated rings.